The standard InChI is InChI=1S/C8H8ClNO3/c1-12-6-2-3-10-7(4-6)8(11)13-5-9/h2-4H,5H2,1H3. The predicted molar refractivity (Wildman–Crippen MR) is 46.9 cm³/mol. The van der Waals surface area contributed by atoms with E-state index < -0.39 is 5.97 Å². The minimum absolute atomic E-state index is 0.181. The molecule has 1 aromatic rings. The van der Waals surface area contributed by atoms with Crippen LogP contribution in [-0.4, -0.2) is 24.1 Å². The Morgan fingerprint density at radius 3 is 3.08 bits per heavy atom. The third-order valence-electron chi connectivity index (χ3n) is 1.36. The Balaban J connectivity index is 2.82. The van der Waals surface area contributed by atoms with Crippen LogP contribution in [-0.2, 0) is 4.74 Å². The number of rotatable bonds is 3. The molecule has 0 saturated carbocycles. The molecule has 0 fully saturated rings. The summed E-state index contributed by atoms with van der Waals surface area (Å²) in [6, 6.07) is 2.93. The number of ether oxygens (including phenoxy) is 2. The first-order valence-electron chi connectivity index (χ1n) is 3.51. The topological polar surface area (TPSA) is 48.4 Å². The van der Waals surface area contributed by atoms with Crippen LogP contribution in [0.25, 0.3) is 0 Å². The molecule has 0 amide bonds. The highest BCUT2D eigenvalue weighted by atomic mass is 35.5. The minimum atomic E-state index is -0.561. The van der Waals surface area contributed by atoms with Gasteiger partial charge < -0.3 is 9.47 Å². The number of hydrogen-bond acceptors (Lipinski definition) is 4. The van der Waals surface area contributed by atoms with Gasteiger partial charge in [0.15, 0.2) is 11.8 Å². The molecule has 0 saturated heterocycles. The summed E-state index contributed by atoms with van der Waals surface area (Å²) in [5.74, 6) is -0.00887. The summed E-state index contributed by atoms with van der Waals surface area (Å²) >= 11 is 5.22. The van der Waals surface area contributed by atoms with E-state index >= 15 is 0 Å². The Morgan fingerprint density at radius 1 is 1.69 bits per heavy atom. The van der Waals surface area contributed by atoms with Gasteiger partial charge in [0.05, 0.1) is 7.11 Å². The largest absolute Gasteiger partial charge is 0.497 e. The van der Waals surface area contributed by atoms with Crippen LogP contribution in [0.3, 0.4) is 0 Å². The lowest BCUT2D eigenvalue weighted by molar-refractivity contribution is 0.0567. The second-order valence-corrected chi connectivity index (χ2v) is 2.34. The van der Waals surface area contributed by atoms with Crippen LogP contribution in [0, 0.1) is 0 Å². The Bertz CT molecular complexity index is 303. The molecule has 0 aliphatic heterocycles. The molecule has 0 aliphatic rings. The third kappa shape index (κ3) is 2.59. The Hall–Kier alpha value is -1.29. The van der Waals surface area contributed by atoms with Gasteiger partial charge in [0.1, 0.15) is 5.75 Å². The highest BCUT2D eigenvalue weighted by Crippen LogP contribution is 2.10. The number of methoxy groups -OCH3 is 1. The maximum atomic E-state index is 11.1. The number of carbonyl (C=O) groups is 1. The van der Waals surface area contributed by atoms with Crippen LogP contribution in [0.4, 0.5) is 0 Å². The van der Waals surface area contributed by atoms with Gasteiger partial charge in [-0.25, -0.2) is 9.78 Å². The Labute approximate surface area is 80.4 Å². The zero-order valence-corrected chi connectivity index (χ0v) is 7.75. The lowest BCUT2D eigenvalue weighted by atomic mass is 10.3. The van der Waals surface area contributed by atoms with E-state index in [0.717, 1.165) is 0 Å². The normalized spacial score (nSPS) is 9.38. The molecule has 0 radical (unpaired) electrons. The number of nitrogens with zero attached hydrogens (tertiary/aromatic N) is 1. The average molecular weight is 202 g/mol. The second kappa shape index (κ2) is 4.67. The molecule has 13 heavy (non-hydrogen) atoms. The van der Waals surface area contributed by atoms with E-state index in [2.05, 4.69) is 9.72 Å². The van der Waals surface area contributed by atoms with Gasteiger partial charge >= 0.3 is 5.97 Å². The van der Waals surface area contributed by atoms with Crippen molar-refractivity contribution in [1.82, 2.24) is 4.98 Å². The van der Waals surface area contributed by atoms with Crippen LogP contribution in [0.15, 0.2) is 18.3 Å². The van der Waals surface area contributed by atoms with E-state index in [1.165, 1.54) is 19.4 Å². The van der Waals surface area contributed by atoms with Crippen molar-refractivity contribution in [2.45, 2.75) is 0 Å². The molecule has 0 aliphatic carbocycles. The molecule has 0 bridgehead atoms. The van der Waals surface area contributed by atoms with Crippen molar-refractivity contribution in [3.8, 4) is 5.75 Å². The van der Waals surface area contributed by atoms with Crippen LogP contribution in [0.5, 0.6) is 5.75 Å². The van der Waals surface area contributed by atoms with Crippen molar-refractivity contribution in [2.75, 3.05) is 13.2 Å². The summed E-state index contributed by atoms with van der Waals surface area (Å²) in [7, 11) is 1.51. The van der Waals surface area contributed by atoms with Gasteiger partial charge in [-0.2, -0.15) is 0 Å². The smallest absolute Gasteiger partial charge is 0.358 e. The quantitative estimate of drug-likeness (QED) is 0.549. The monoisotopic (exact) mass is 201 g/mol. The molecule has 0 unspecified atom stereocenters. The summed E-state index contributed by atoms with van der Waals surface area (Å²) < 4.78 is 9.44. The zero-order valence-electron chi connectivity index (χ0n) is 6.99. The van der Waals surface area contributed by atoms with Crippen molar-refractivity contribution in [2.24, 2.45) is 0 Å². The predicted octanol–water partition coefficient (Wildman–Crippen LogP) is 1.44. The molecule has 0 N–H and O–H groups in total. The lowest BCUT2D eigenvalue weighted by Crippen LogP contribution is -2.05. The Morgan fingerprint density at radius 2 is 2.46 bits per heavy atom. The lowest BCUT2D eigenvalue weighted by Gasteiger charge is -2.01. The van der Waals surface area contributed by atoms with E-state index in [1.807, 2.05) is 0 Å². The second-order valence-electron chi connectivity index (χ2n) is 2.12. The molecule has 1 rings (SSSR count). The van der Waals surface area contributed by atoms with Gasteiger partial charge in [-0.3, -0.25) is 0 Å². The number of alkyl halides is 1. The summed E-state index contributed by atoms with van der Waals surface area (Å²) in [5, 5.41) is 0. The van der Waals surface area contributed by atoms with Crippen molar-refractivity contribution in [3.63, 3.8) is 0 Å². The number of esters is 1. The summed E-state index contributed by atoms with van der Waals surface area (Å²) in [6.45, 7) is 0. The van der Waals surface area contributed by atoms with Gasteiger partial charge in [-0.1, -0.05) is 11.6 Å². The molecule has 0 spiro atoms. The summed E-state index contributed by atoms with van der Waals surface area (Å²) in [6.07, 6.45) is 1.46. The van der Waals surface area contributed by atoms with Crippen LogP contribution in [0.1, 0.15) is 10.5 Å². The molecular weight excluding hydrogens is 194 g/mol. The van der Waals surface area contributed by atoms with Crippen molar-refractivity contribution in [3.05, 3.63) is 24.0 Å². The summed E-state index contributed by atoms with van der Waals surface area (Å²) in [4.78, 5) is 14.9. The van der Waals surface area contributed by atoms with E-state index in [0.29, 0.717) is 5.75 Å². The zero-order chi connectivity index (χ0) is 9.68. The highest BCUT2D eigenvalue weighted by Gasteiger charge is 2.08. The van der Waals surface area contributed by atoms with Gasteiger partial charge in [0, 0.05) is 12.3 Å². The van der Waals surface area contributed by atoms with E-state index in [9.17, 15) is 4.79 Å². The van der Waals surface area contributed by atoms with E-state index in [4.69, 9.17) is 16.3 Å². The number of aromatic nitrogens is 1. The van der Waals surface area contributed by atoms with Crippen LogP contribution >= 0.6 is 11.6 Å². The summed E-state index contributed by atoms with van der Waals surface area (Å²) in [5.41, 5.74) is 0.181. The maximum absolute atomic E-state index is 11.1. The first-order valence-corrected chi connectivity index (χ1v) is 4.04. The average Bonchev–Trinajstić information content (AvgIpc) is 2.18. The molecule has 0 atom stereocenters. The number of carbonyl (C=O) groups excluding carboxylic acids is 1. The van der Waals surface area contributed by atoms with E-state index in [-0.39, 0.29) is 11.8 Å². The fraction of sp³-hybridized carbons (Fsp3) is 0.250. The van der Waals surface area contributed by atoms with Crippen molar-refractivity contribution < 1.29 is 14.3 Å². The fourth-order valence-electron chi connectivity index (χ4n) is 0.773. The molecule has 4 nitrogen and oxygen atoms in total. The molecule has 1 heterocycles. The first kappa shape index (κ1) is 9.80. The maximum Gasteiger partial charge on any atom is 0.358 e. The SMILES string of the molecule is COc1ccnc(C(=O)OCCl)c1. The fourth-order valence-corrected chi connectivity index (χ4v) is 0.872. The molecule has 1 aromatic heterocycles. The number of hydrogen-bond donors (Lipinski definition) is 0. The first-order chi connectivity index (χ1) is 6.27. The van der Waals surface area contributed by atoms with Crippen LogP contribution in [0.2, 0.25) is 0 Å². The number of halogens is 1. The van der Waals surface area contributed by atoms with Gasteiger partial charge in [0.2, 0.25) is 0 Å². The van der Waals surface area contributed by atoms with E-state index in [1.54, 1.807) is 6.07 Å². The van der Waals surface area contributed by atoms with Gasteiger partial charge in [-0.15, -0.1) is 0 Å². The molecule has 0 aromatic carbocycles. The van der Waals surface area contributed by atoms with Gasteiger partial charge in [-0.05, 0) is 6.07 Å². The van der Waals surface area contributed by atoms with Crippen molar-refractivity contribution in [1.29, 1.82) is 0 Å². The minimum Gasteiger partial charge on any atom is -0.497 e. The molecule has 70 valence electrons. The van der Waals surface area contributed by atoms with Gasteiger partial charge in [0.25, 0.3) is 0 Å². The highest BCUT2D eigenvalue weighted by molar-refractivity contribution is 6.17. The van der Waals surface area contributed by atoms with Crippen LogP contribution < -0.4 is 4.74 Å². The van der Waals surface area contributed by atoms with Crippen molar-refractivity contribution >= 4 is 17.6 Å². The number of pyridine rings is 1. The Kier molecular flexibility index (Phi) is 3.52. The third-order valence-corrected chi connectivity index (χ3v) is 1.47. The molecular formula is C8H8ClNO3. The molecule has 5 heteroatoms.